The second-order valence-electron chi connectivity index (χ2n) is 3.50. The van der Waals surface area contributed by atoms with Crippen LogP contribution in [0.2, 0.25) is 0 Å². The number of benzene rings is 1. The van der Waals surface area contributed by atoms with E-state index in [1.54, 1.807) is 12.3 Å². The molecule has 0 amide bonds. The van der Waals surface area contributed by atoms with Crippen LogP contribution in [0.4, 0.5) is 5.69 Å². The first-order chi connectivity index (χ1) is 7.11. The molecule has 0 N–H and O–H groups in total. The molecule has 0 atom stereocenters. The lowest BCUT2D eigenvalue weighted by atomic mass is 10.1. The number of nitro benzene ring substituents is 1. The van der Waals surface area contributed by atoms with E-state index in [1.165, 1.54) is 6.07 Å². The Morgan fingerprint density at radius 2 is 2.07 bits per heavy atom. The lowest BCUT2D eigenvalue weighted by Crippen LogP contribution is -1.94. The highest BCUT2D eigenvalue weighted by Gasteiger charge is 2.13. The predicted octanol–water partition coefficient (Wildman–Crippen LogP) is 2.76. The van der Waals surface area contributed by atoms with Gasteiger partial charge in [0.05, 0.1) is 4.92 Å². The summed E-state index contributed by atoms with van der Waals surface area (Å²) in [5.41, 5.74) is 2.62. The van der Waals surface area contributed by atoms with E-state index in [4.69, 9.17) is 0 Å². The van der Waals surface area contributed by atoms with Gasteiger partial charge in [-0.05, 0) is 25.0 Å². The summed E-state index contributed by atoms with van der Waals surface area (Å²) in [6.07, 6.45) is 1.67. The number of aryl methyl sites for hydroxylation is 2. The summed E-state index contributed by atoms with van der Waals surface area (Å²) in [6, 6.07) is 5.02. The zero-order valence-corrected chi connectivity index (χ0v) is 8.52. The number of hydrogen-bond acceptors (Lipinski definition) is 3. The van der Waals surface area contributed by atoms with Crippen molar-refractivity contribution in [3.05, 3.63) is 45.6 Å². The Bertz CT molecular complexity index is 550. The zero-order valence-electron chi connectivity index (χ0n) is 8.52. The largest absolute Gasteiger partial charge is 0.295 e. The highest BCUT2D eigenvalue weighted by molar-refractivity contribution is 5.89. The molecule has 0 fully saturated rings. The molecule has 15 heavy (non-hydrogen) atoms. The topological polar surface area (TPSA) is 56.0 Å². The average Bonchev–Trinajstić information content (AvgIpc) is 2.23. The minimum atomic E-state index is -0.399. The van der Waals surface area contributed by atoms with E-state index in [9.17, 15) is 10.1 Å². The summed E-state index contributed by atoms with van der Waals surface area (Å²) in [7, 11) is 0. The smallest absolute Gasteiger partial charge is 0.258 e. The molecule has 0 aliphatic carbocycles. The van der Waals surface area contributed by atoms with Crippen LogP contribution in [-0.4, -0.2) is 9.91 Å². The van der Waals surface area contributed by atoms with Crippen LogP contribution < -0.4 is 0 Å². The van der Waals surface area contributed by atoms with Crippen LogP contribution in [-0.2, 0) is 0 Å². The maximum absolute atomic E-state index is 10.8. The summed E-state index contributed by atoms with van der Waals surface area (Å²) < 4.78 is 0. The fourth-order valence-corrected chi connectivity index (χ4v) is 1.59. The molecule has 1 aromatic heterocycles. The highest BCUT2D eigenvalue weighted by Crippen LogP contribution is 2.26. The molecule has 0 aliphatic rings. The Labute approximate surface area is 86.7 Å². The van der Waals surface area contributed by atoms with Crippen LogP contribution in [0.3, 0.4) is 0 Å². The van der Waals surface area contributed by atoms with Crippen molar-refractivity contribution in [3.63, 3.8) is 0 Å². The van der Waals surface area contributed by atoms with E-state index in [-0.39, 0.29) is 5.69 Å². The van der Waals surface area contributed by atoms with Crippen molar-refractivity contribution in [1.29, 1.82) is 0 Å². The standard InChI is InChI=1S/C11H10N2O2/c1-7-6-12-11-9(8(7)2)4-3-5-10(11)13(14)15/h3-6H,1-2H3. The monoisotopic (exact) mass is 202 g/mol. The first-order valence-corrected chi connectivity index (χ1v) is 4.60. The Balaban J connectivity index is 2.89. The number of fused-ring (bicyclic) bond motifs is 1. The predicted molar refractivity (Wildman–Crippen MR) is 57.9 cm³/mol. The van der Waals surface area contributed by atoms with Crippen LogP contribution in [0.15, 0.2) is 24.4 Å². The van der Waals surface area contributed by atoms with Crippen molar-refractivity contribution in [3.8, 4) is 0 Å². The zero-order chi connectivity index (χ0) is 11.0. The number of nitro groups is 1. The van der Waals surface area contributed by atoms with Gasteiger partial charge in [0.2, 0.25) is 0 Å². The van der Waals surface area contributed by atoms with Crippen molar-refractivity contribution in [2.75, 3.05) is 0 Å². The van der Waals surface area contributed by atoms with Crippen molar-refractivity contribution < 1.29 is 4.92 Å². The van der Waals surface area contributed by atoms with E-state index >= 15 is 0 Å². The fourth-order valence-electron chi connectivity index (χ4n) is 1.59. The third-order valence-corrected chi connectivity index (χ3v) is 2.59. The van der Waals surface area contributed by atoms with Gasteiger partial charge in [0.1, 0.15) is 5.52 Å². The molecule has 76 valence electrons. The summed E-state index contributed by atoms with van der Waals surface area (Å²) in [5.74, 6) is 0. The van der Waals surface area contributed by atoms with Gasteiger partial charge in [-0.3, -0.25) is 10.1 Å². The molecule has 0 bridgehead atoms. The van der Waals surface area contributed by atoms with E-state index in [2.05, 4.69) is 4.98 Å². The molecule has 4 heteroatoms. The van der Waals surface area contributed by atoms with Crippen LogP contribution in [0, 0.1) is 24.0 Å². The van der Waals surface area contributed by atoms with Crippen LogP contribution >= 0.6 is 0 Å². The highest BCUT2D eigenvalue weighted by atomic mass is 16.6. The Hall–Kier alpha value is -1.97. The number of para-hydroxylation sites is 1. The molecule has 2 rings (SSSR count). The lowest BCUT2D eigenvalue weighted by Gasteiger charge is -2.04. The third kappa shape index (κ3) is 1.44. The summed E-state index contributed by atoms with van der Waals surface area (Å²) in [4.78, 5) is 14.5. The number of nitrogens with zero attached hydrogens (tertiary/aromatic N) is 2. The molecule has 0 radical (unpaired) electrons. The van der Waals surface area contributed by atoms with Crippen LogP contribution in [0.25, 0.3) is 10.9 Å². The van der Waals surface area contributed by atoms with Gasteiger partial charge in [-0.1, -0.05) is 12.1 Å². The van der Waals surface area contributed by atoms with E-state index in [0.29, 0.717) is 5.52 Å². The van der Waals surface area contributed by atoms with Crippen molar-refractivity contribution in [2.24, 2.45) is 0 Å². The van der Waals surface area contributed by atoms with Gasteiger partial charge in [-0.15, -0.1) is 0 Å². The fraction of sp³-hybridized carbons (Fsp3) is 0.182. The van der Waals surface area contributed by atoms with E-state index < -0.39 is 4.92 Å². The number of aromatic nitrogens is 1. The quantitative estimate of drug-likeness (QED) is 0.527. The minimum absolute atomic E-state index is 0.0654. The molecule has 0 saturated heterocycles. The van der Waals surface area contributed by atoms with Gasteiger partial charge >= 0.3 is 0 Å². The maximum Gasteiger partial charge on any atom is 0.295 e. The van der Waals surface area contributed by atoms with Gasteiger partial charge < -0.3 is 0 Å². The molecule has 1 heterocycles. The van der Waals surface area contributed by atoms with Crippen molar-refractivity contribution in [1.82, 2.24) is 4.98 Å². The Morgan fingerprint density at radius 3 is 2.73 bits per heavy atom. The number of hydrogen-bond donors (Lipinski definition) is 0. The third-order valence-electron chi connectivity index (χ3n) is 2.59. The van der Waals surface area contributed by atoms with Gasteiger partial charge in [0, 0.05) is 17.6 Å². The molecular formula is C11H10N2O2. The van der Waals surface area contributed by atoms with Gasteiger partial charge in [-0.25, -0.2) is 4.98 Å². The molecule has 1 aromatic carbocycles. The van der Waals surface area contributed by atoms with Gasteiger partial charge in [-0.2, -0.15) is 0 Å². The minimum Gasteiger partial charge on any atom is -0.258 e. The van der Waals surface area contributed by atoms with Crippen LogP contribution in [0.5, 0.6) is 0 Å². The number of non-ortho nitro benzene ring substituents is 1. The number of rotatable bonds is 1. The maximum atomic E-state index is 10.8. The molecule has 2 aromatic rings. The van der Waals surface area contributed by atoms with E-state index in [0.717, 1.165) is 16.5 Å². The molecule has 4 nitrogen and oxygen atoms in total. The summed E-state index contributed by atoms with van der Waals surface area (Å²) >= 11 is 0. The summed E-state index contributed by atoms with van der Waals surface area (Å²) in [6.45, 7) is 3.89. The van der Waals surface area contributed by atoms with Gasteiger partial charge in [0.15, 0.2) is 0 Å². The molecular weight excluding hydrogens is 192 g/mol. The van der Waals surface area contributed by atoms with Crippen molar-refractivity contribution >= 4 is 16.6 Å². The Kier molecular flexibility index (Phi) is 2.11. The second kappa shape index (κ2) is 3.31. The second-order valence-corrected chi connectivity index (χ2v) is 3.50. The average molecular weight is 202 g/mol. The molecule has 0 saturated carbocycles. The lowest BCUT2D eigenvalue weighted by molar-refractivity contribution is -0.383. The SMILES string of the molecule is Cc1cnc2c([N+](=O)[O-])cccc2c1C. The normalized spacial score (nSPS) is 10.5. The molecule has 0 unspecified atom stereocenters. The Morgan fingerprint density at radius 1 is 1.33 bits per heavy atom. The molecule has 0 aliphatic heterocycles. The first-order valence-electron chi connectivity index (χ1n) is 4.60. The molecule has 0 spiro atoms. The van der Waals surface area contributed by atoms with Crippen LogP contribution in [0.1, 0.15) is 11.1 Å². The first kappa shape index (κ1) is 9.58. The summed E-state index contributed by atoms with van der Waals surface area (Å²) in [5, 5.41) is 11.6. The van der Waals surface area contributed by atoms with Gasteiger partial charge in [0.25, 0.3) is 5.69 Å². The van der Waals surface area contributed by atoms with Crippen molar-refractivity contribution in [2.45, 2.75) is 13.8 Å². The number of pyridine rings is 1. The van der Waals surface area contributed by atoms with E-state index in [1.807, 2.05) is 19.9 Å².